The van der Waals surface area contributed by atoms with Gasteiger partial charge in [-0.15, -0.1) is 0 Å². The number of rotatable bonds is 2. The van der Waals surface area contributed by atoms with E-state index >= 15 is 0 Å². The van der Waals surface area contributed by atoms with Crippen molar-refractivity contribution in [1.29, 1.82) is 0 Å². The Morgan fingerprint density at radius 3 is 2.39 bits per heavy atom. The molecule has 0 bridgehead atoms. The lowest BCUT2D eigenvalue weighted by Gasteiger charge is -2.35. The van der Waals surface area contributed by atoms with Crippen molar-refractivity contribution < 1.29 is 9.59 Å². The van der Waals surface area contributed by atoms with Crippen molar-refractivity contribution in [3.8, 4) is 0 Å². The van der Waals surface area contributed by atoms with Crippen LogP contribution in [0.4, 0.5) is 16.2 Å². The second kappa shape index (κ2) is 8.02. The van der Waals surface area contributed by atoms with Crippen LogP contribution in [-0.2, 0) is 4.79 Å². The maximum Gasteiger partial charge on any atom is 0.321 e. The summed E-state index contributed by atoms with van der Waals surface area (Å²) in [6, 6.07) is 8.11. The number of urea groups is 1. The molecule has 6 heteroatoms. The molecule has 3 amide bonds. The summed E-state index contributed by atoms with van der Waals surface area (Å²) in [6.45, 7) is 6.56. The van der Waals surface area contributed by atoms with Gasteiger partial charge >= 0.3 is 6.03 Å². The summed E-state index contributed by atoms with van der Waals surface area (Å²) >= 11 is 0. The molecule has 1 N–H and O–H groups in total. The Hall–Kier alpha value is -2.24. The van der Waals surface area contributed by atoms with Crippen molar-refractivity contribution >= 4 is 23.3 Å². The van der Waals surface area contributed by atoms with E-state index in [0.29, 0.717) is 5.41 Å². The number of amides is 3. The van der Waals surface area contributed by atoms with E-state index in [0.717, 1.165) is 57.1 Å². The van der Waals surface area contributed by atoms with Crippen LogP contribution in [0.5, 0.6) is 0 Å². The van der Waals surface area contributed by atoms with Crippen LogP contribution in [0.15, 0.2) is 24.3 Å². The van der Waals surface area contributed by atoms with Gasteiger partial charge in [0, 0.05) is 57.6 Å². The van der Waals surface area contributed by atoms with Gasteiger partial charge in [-0.1, -0.05) is 25.3 Å². The fourth-order valence-corrected chi connectivity index (χ4v) is 5.08. The van der Waals surface area contributed by atoms with E-state index in [4.69, 9.17) is 0 Å². The number of nitrogens with one attached hydrogen (secondary N) is 1. The van der Waals surface area contributed by atoms with Gasteiger partial charge in [0.2, 0.25) is 5.91 Å². The van der Waals surface area contributed by atoms with Crippen LogP contribution in [0.2, 0.25) is 0 Å². The Kier molecular flexibility index (Phi) is 5.47. The number of likely N-dealkylation sites (tertiary alicyclic amines) is 1. The number of hydrogen-bond acceptors (Lipinski definition) is 3. The highest BCUT2D eigenvalue weighted by Crippen LogP contribution is 2.43. The van der Waals surface area contributed by atoms with Crippen molar-refractivity contribution in [3.05, 3.63) is 24.3 Å². The van der Waals surface area contributed by atoms with Crippen LogP contribution in [0, 0.1) is 5.41 Å². The van der Waals surface area contributed by atoms with Crippen LogP contribution in [-0.4, -0.2) is 61.0 Å². The fourth-order valence-electron chi connectivity index (χ4n) is 5.08. The van der Waals surface area contributed by atoms with Crippen LogP contribution < -0.4 is 10.2 Å². The molecular weight excluding hydrogens is 352 g/mol. The highest BCUT2D eigenvalue weighted by molar-refractivity contribution is 5.90. The Morgan fingerprint density at radius 1 is 0.929 bits per heavy atom. The minimum atomic E-state index is 0.0287. The minimum absolute atomic E-state index is 0.0287. The molecule has 0 aromatic heterocycles. The summed E-state index contributed by atoms with van der Waals surface area (Å²) in [5, 5.41) is 3.11. The molecule has 2 saturated heterocycles. The van der Waals surface area contributed by atoms with Gasteiger partial charge in [0.15, 0.2) is 0 Å². The van der Waals surface area contributed by atoms with Crippen molar-refractivity contribution in [3.63, 3.8) is 0 Å². The molecule has 1 spiro atoms. The van der Waals surface area contributed by atoms with Gasteiger partial charge in [-0.25, -0.2) is 4.79 Å². The van der Waals surface area contributed by atoms with Crippen LogP contribution in [0.25, 0.3) is 0 Å². The number of hydrogen-bond donors (Lipinski definition) is 1. The second-order valence-corrected chi connectivity index (χ2v) is 8.71. The molecule has 1 aliphatic carbocycles. The van der Waals surface area contributed by atoms with Crippen molar-refractivity contribution in [1.82, 2.24) is 9.80 Å². The van der Waals surface area contributed by atoms with E-state index < -0.39 is 0 Å². The van der Waals surface area contributed by atoms with E-state index in [1.54, 1.807) is 6.92 Å². The number of piperazine rings is 1. The Balaban J connectivity index is 1.35. The average Bonchev–Trinajstić information content (AvgIpc) is 3.12. The highest BCUT2D eigenvalue weighted by Gasteiger charge is 2.40. The van der Waals surface area contributed by atoms with Crippen molar-refractivity contribution in [2.75, 3.05) is 49.5 Å². The largest absolute Gasteiger partial charge is 0.368 e. The molecule has 0 radical (unpaired) electrons. The zero-order chi connectivity index (χ0) is 19.6. The van der Waals surface area contributed by atoms with Gasteiger partial charge in [-0.3, -0.25) is 4.79 Å². The molecule has 2 aliphatic heterocycles. The molecule has 2 heterocycles. The third kappa shape index (κ3) is 4.10. The predicted molar refractivity (Wildman–Crippen MR) is 112 cm³/mol. The third-order valence-corrected chi connectivity index (χ3v) is 6.83. The number of carbonyl (C=O) groups excluding carboxylic acids is 2. The zero-order valence-electron chi connectivity index (χ0n) is 17.0. The normalized spacial score (nSPS) is 21.8. The molecule has 0 atom stereocenters. The summed E-state index contributed by atoms with van der Waals surface area (Å²) in [5.74, 6) is 0.141. The maximum absolute atomic E-state index is 12.8. The third-order valence-electron chi connectivity index (χ3n) is 6.83. The van der Waals surface area contributed by atoms with Gasteiger partial charge in [-0.2, -0.15) is 0 Å². The lowest BCUT2D eigenvalue weighted by molar-refractivity contribution is -0.129. The second-order valence-electron chi connectivity index (χ2n) is 8.71. The Bertz CT molecular complexity index is 721. The molecule has 3 fully saturated rings. The maximum atomic E-state index is 12.8. The topological polar surface area (TPSA) is 55.9 Å². The van der Waals surface area contributed by atoms with Gasteiger partial charge in [0.25, 0.3) is 0 Å². The number of carbonyl (C=O) groups is 2. The standard InChI is InChI=1S/C22H32N4O2/c1-18(27)24-12-14-25(15-13-24)20-7-5-6-19(16-20)23-21(28)26-11-10-22(17-26)8-3-2-4-9-22/h5-7,16H,2-4,8-15,17H2,1H3,(H,23,28). The molecule has 152 valence electrons. The van der Waals surface area contributed by atoms with Gasteiger partial charge < -0.3 is 20.0 Å². The molecule has 4 rings (SSSR count). The molecule has 28 heavy (non-hydrogen) atoms. The van der Waals surface area contributed by atoms with Crippen LogP contribution in [0.3, 0.4) is 0 Å². The average molecular weight is 385 g/mol. The van der Waals surface area contributed by atoms with Crippen molar-refractivity contribution in [2.45, 2.75) is 45.4 Å². The zero-order valence-corrected chi connectivity index (χ0v) is 17.0. The molecule has 1 aromatic rings. The van der Waals surface area contributed by atoms with Crippen LogP contribution in [0.1, 0.15) is 45.4 Å². The molecule has 1 aromatic carbocycles. The van der Waals surface area contributed by atoms with Gasteiger partial charge in [0.1, 0.15) is 0 Å². The van der Waals surface area contributed by atoms with E-state index in [2.05, 4.69) is 16.3 Å². The summed E-state index contributed by atoms with van der Waals surface area (Å²) in [7, 11) is 0. The first-order chi connectivity index (χ1) is 13.5. The first kappa shape index (κ1) is 19.1. The smallest absolute Gasteiger partial charge is 0.321 e. The molecule has 3 aliphatic rings. The number of anilines is 2. The SMILES string of the molecule is CC(=O)N1CCN(c2cccc(NC(=O)N3CCC4(CCCCC4)C3)c2)CC1. The number of nitrogens with zero attached hydrogens (tertiary/aromatic N) is 3. The van der Waals surface area contributed by atoms with Crippen molar-refractivity contribution in [2.24, 2.45) is 5.41 Å². The molecule has 1 saturated carbocycles. The van der Waals surface area contributed by atoms with Gasteiger partial charge in [-0.05, 0) is 42.9 Å². The first-order valence-corrected chi connectivity index (χ1v) is 10.7. The predicted octanol–water partition coefficient (Wildman–Crippen LogP) is 3.54. The summed E-state index contributed by atoms with van der Waals surface area (Å²) in [4.78, 5) is 30.5. The minimum Gasteiger partial charge on any atom is -0.368 e. The quantitative estimate of drug-likeness (QED) is 0.848. The molecule has 0 unspecified atom stereocenters. The van der Waals surface area contributed by atoms with E-state index in [1.165, 1.54) is 32.1 Å². The summed E-state index contributed by atoms with van der Waals surface area (Å²) < 4.78 is 0. The van der Waals surface area contributed by atoms with E-state index in [9.17, 15) is 9.59 Å². The Labute approximate surface area is 167 Å². The highest BCUT2D eigenvalue weighted by atomic mass is 16.2. The lowest BCUT2D eigenvalue weighted by atomic mass is 9.73. The summed E-state index contributed by atoms with van der Waals surface area (Å²) in [5.41, 5.74) is 2.33. The van der Waals surface area contributed by atoms with Crippen LogP contribution >= 0.6 is 0 Å². The molecular formula is C22H32N4O2. The van der Waals surface area contributed by atoms with Gasteiger partial charge in [0.05, 0.1) is 0 Å². The lowest BCUT2D eigenvalue weighted by Crippen LogP contribution is -2.48. The van der Waals surface area contributed by atoms with E-state index in [-0.39, 0.29) is 11.9 Å². The number of benzene rings is 1. The monoisotopic (exact) mass is 384 g/mol. The Morgan fingerprint density at radius 2 is 1.68 bits per heavy atom. The molecule has 6 nitrogen and oxygen atoms in total. The fraction of sp³-hybridized carbons (Fsp3) is 0.636. The first-order valence-electron chi connectivity index (χ1n) is 10.7. The summed E-state index contributed by atoms with van der Waals surface area (Å²) in [6.07, 6.45) is 7.68. The van der Waals surface area contributed by atoms with E-state index in [1.807, 2.05) is 28.0 Å².